The molecule has 2 amide bonds. The van der Waals surface area contributed by atoms with Gasteiger partial charge in [-0.15, -0.1) is 0 Å². The van der Waals surface area contributed by atoms with E-state index in [-0.39, 0.29) is 27.3 Å². The molecule has 2 aliphatic heterocycles. The highest BCUT2D eigenvalue weighted by Crippen LogP contribution is 2.45. The zero-order valence-electron chi connectivity index (χ0n) is 15.6. The number of anilines is 1. The molecule has 0 aromatic heterocycles. The molecular formula is C21H14ClN2O4S2-. The number of hydrogen-bond donors (Lipinski definition) is 0. The molecule has 0 N–H and O–H groups in total. The fourth-order valence-electron chi connectivity index (χ4n) is 3.42. The Morgan fingerprint density at radius 3 is 2.50 bits per heavy atom. The smallest absolute Gasteiger partial charge is 0.267 e. The van der Waals surface area contributed by atoms with Crippen LogP contribution in [0.3, 0.4) is 0 Å². The van der Waals surface area contributed by atoms with Gasteiger partial charge < -0.3 is 14.8 Å². The molecule has 30 heavy (non-hydrogen) atoms. The van der Waals surface area contributed by atoms with Crippen molar-refractivity contribution < 1.29 is 19.5 Å². The molecule has 152 valence electrons. The van der Waals surface area contributed by atoms with Gasteiger partial charge in [0, 0.05) is 10.6 Å². The summed E-state index contributed by atoms with van der Waals surface area (Å²) < 4.78 is 0.0778. The van der Waals surface area contributed by atoms with Crippen molar-refractivity contribution in [3.05, 3.63) is 69.6 Å². The number of benzene rings is 2. The van der Waals surface area contributed by atoms with Gasteiger partial charge in [0.05, 0.1) is 34.7 Å². The number of carbonyl (C=O) groups excluding carboxylic acids is 3. The largest absolute Gasteiger partial charge is 0.548 e. The molecule has 0 radical (unpaired) electrons. The van der Waals surface area contributed by atoms with Gasteiger partial charge in [-0.1, -0.05) is 72.0 Å². The molecule has 0 bridgehead atoms. The van der Waals surface area contributed by atoms with Crippen LogP contribution in [-0.2, 0) is 20.9 Å². The summed E-state index contributed by atoms with van der Waals surface area (Å²) in [4.78, 5) is 40.3. The van der Waals surface area contributed by atoms with Crippen molar-refractivity contribution in [2.45, 2.75) is 19.5 Å². The Kier molecular flexibility index (Phi) is 5.40. The molecule has 0 spiro atoms. The number of rotatable bonds is 4. The Morgan fingerprint density at radius 1 is 1.13 bits per heavy atom. The summed E-state index contributed by atoms with van der Waals surface area (Å²) in [6.07, 6.45) is 0. The molecule has 2 heterocycles. The summed E-state index contributed by atoms with van der Waals surface area (Å²) in [5, 5.41) is 11.8. The summed E-state index contributed by atoms with van der Waals surface area (Å²) in [5.41, 5.74) is 2.22. The zero-order valence-corrected chi connectivity index (χ0v) is 18.0. The number of carbonyl (C=O) groups is 3. The summed E-state index contributed by atoms with van der Waals surface area (Å²) in [6, 6.07) is 13.1. The first-order valence-corrected chi connectivity index (χ1v) is 10.6. The van der Waals surface area contributed by atoms with Crippen LogP contribution in [0.5, 0.6) is 0 Å². The molecule has 1 fully saturated rings. The molecule has 9 heteroatoms. The summed E-state index contributed by atoms with van der Waals surface area (Å²) in [6.45, 7) is 1.55. The molecule has 4 rings (SSSR count). The van der Waals surface area contributed by atoms with E-state index in [0.29, 0.717) is 16.3 Å². The second kappa shape index (κ2) is 7.86. The number of amides is 2. The SMILES string of the molecule is C[C@@H](C(=O)[O-])N1C(=O)/C(=C2/C(=O)N(Cc3ccccc3Cl)c3ccccc32)SC1=S. The van der Waals surface area contributed by atoms with E-state index in [9.17, 15) is 19.5 Å². The molecule has 2 aromatic rings. The van der Waals surface area contributed by atoms with Crippen LogP contribution in [0, 0.1) is 0 Å². The number of fused-ring (bicyclic) bond motifs is 1. The topological polar surface area (TPSA) is 80.7 Å². The number of aliphatic carboxylic acids is 1. The third-order valence-electron chi connectivity index (χ3n) is 4.96. The van der Waals surface area contributed by atoms with Crippen LogP contribution in [-0.4, -0.2) is 33.0 Å². The van der Waals surface area contributed by atoms with E-state index < -0.39 is 17.9 Å². The number of nitrogens with zero attached hydrogens (tertiary/aromatic N) is 2. The zero-order chi connectivity index (χ0) is 21.6. The van der Waals surface area contributed by atoms with Crippen LogP contribution >= 0.6 is 35.6 Å². The van der Waals surface area contributed by atoms with Gasteiger partial charge >= 0.3 is 0 Å². The van der Waals surface area contributed by atoms with Crippen molar-refractivity contribution in [2.75, 3.05) is 4.90 Å². The molecule has 0 unspecified atom stereocenters. The molecular weight excluding hydrogens is 444 g/mol. The van der Waals surface area contributed by atoms with Crippen LogP contribution in [0.2, 0.25) is 5.02 Å². The van der Waals surface area contributed by atoms with Crippen LogP contribution in [0.25, 0.3) is 5.57 Å². The Labute approximate surface area is 187 Å². The number of para-hydroxylation sites is 1. The number of halogens is 1. The minimum absolute atomic E-state index is 0.0778. The van der Waals surface area contributed by atoms with Crippen molar-refractivity contribution in [3.8, 4) is 0 Å². The normalized spacial score (nSPS) is 19.5. The first-order valence-electron chi connectivity index (χ1n) is 8.96. The van der Waals surface area contributed by atoms with E-state index in [4.69, 9.17) is 23.8 Å². The number of hydrogen-bond acceptors (Lipinski definition) is 6. The molecule has 0 aliphatic carbocycles. The molecule has 1 atom stereocenters. The van der Waals surface area contributed by atoms with Gasteiger partial charge in [0.1, 0.15) is 4.32 Å². The molecule has 6 nitrogen and oxygen atoms in total. The maximum Gasteiger partial charge on any atom is 0.267 e. The lowest BCUT2D eigenvalue weighted by Gasteiger charge is -2.23. The third-order valence-corrected chi connectivity index (χ3v) is 6.73. The van der Waals surface area contributed by atoms with Gasteiger partial charge in [0.25, 0.3) is 11.8 Å². The van der Waals surface area contributed by atoms with Gasteiger partial charge in [-0.25, -0.2) is 0 Å². The Morgan fingerprint density at radius 2 is 1.80 bits per heavy atom. The second-order valence-electron chi connectivity index (χ2n) is 6.74. The summed E-state index contributed by atoms with van der Waals surface area (Å²) >= 11 is 12.4. The fraction of sp³-hybridized carbons (Fsp3) is 0.143. The Balaban J connectivity index is 1.79. The highest BCUT2D eigenvalue weighted by molar-refractivity contribution is 8.26. The maximum atomic E-state index is 13.4. The van der Waals surface area contributed by atoms with E-state index in [1.54, 1.807) is 41.3 Å². The lowest BCUT2D eigenvalue weighted by Crippen LogP contribution is -2.48. The average Bonchev–Trinajstić information content (AvgIpc) is 3.15. The quantitative estimate of drug-likeness (QED) is 0.518. The van der Waals surface area contributed by atoms with Crippen LogP contribution < -0.4 is 10.0 Å². The predicted molar refractivity (Wildman–Crippen MR) is 118 cm³/mol. The predicted octanol–water partition coefficient (Wildman–Crippen LogP) is 2.60. The first kappa shape index (κ1) is 20.6. The molecule has 0 saturated carbocycles. The van der Waals surface area contributed by atoms with E-state index in [2.05, 4.69) is 0 Å². The fourth-order valence-corrected chi connectivity index (χ4v) is 5.11. The van der Waals surface area contributed by atoms with Crippen LogP contribution in [0.1, 0.15) is 18.1 Å². The van der Waals surface area contributed by atoms with E-state index in [1.165, 1.54) is 6.92 Å². The van der Waals surface area contributed by atoms with Gasteiger partial charge in [-0.3, -0.25) is 14.5 Å². The molecule has 2 aliphatic rings. The standard InChI is InChI=1S/C21H15ClN2O4S2/c1-11(20(27)28)24-19(26)17(30-21(24)29)16-13-7-3-5-9-15(13)23(18(16)25)10-12-6-2-4-8-14(12)22/h2-9,11H,10H2,1H3,(H,27,28)/p-1/b17-16-/t11-/m0/s1. The Bertz CT molecular complexity index is 1150. The van der Waals surface area contributed by atoms with Gasteiger partial charge in [0.2, 0.25) is 0 Å². The van der Waals surface area contributed by atoms with E-state index >= 15 is 0 Å². The van der Waals surface area contributed by atoms with Gasteiger partial charge in [-0.2, -0.15) is 0 Å². The monoisotopic (exact) mass is 457 g/mol. The molecule has 1 saturated heterocycles. The van der Waals surface area contributed by atoms with Gasteiger partial charge in [0.15, 0.2) is 0 Å². The lowest BCUT2D eigenvalue weighted by molar-refractivity contribution is -0.309. The summed E-state index contributed by atoms with van der Waals surface area (Å²) in [7, 11) is 0. The number of carboxylic acids is 1. The lowest BCUT2D eigenvalue weighted by atomic mass is 10.1. The number of thiocarbonyl (C=S) groups is 1. The van der Waals surface area contributed by atoms with Crippen molar-refractivity contribution in [1.82, 2.24) is 4.90 Å². The van der Waals surface area contributed by atoms with Gasteiger partial charge in [-0.05, 0) is 24.6 Å². The van der Waals surface area contributed by atoms with Crippen molar-refractivity contribution in [3.63, 3.8) is 0 Å². The third kappa shape index (κ3) is 3.30. The number of thioether (sulfide) groups is 1. The maximum absolute atomic E-state index is 13.4. The minimum Gasteiger partial charge on any atom is -0.548 e. The minimum atomic E-state index is -1.42. The van der Waals surface area contributed by atoms with Crippen molar-refractivity contribution in [2.24, 2.45) is 0 Å². The van der Waals surface area contributed by atoms with E-state index in [1.807, 2.05) is 12.1 Å². The number of carboxylic acid groups (broad SMARTS) is 1. The average molecular weight is 458 g/mol. The van der Waals surface area contributed by atoms with Crippen molar-refractivity contribution >= 4 is 68.9 Å². The van der Waals surface area contributed by atoms with E-state index in [0.717, 1.165) is 22.2 Å². The van der Waals surface area contributed by atoms with Crippen molar-refractivity contribution in [1.29, 1.82) is 0 Å². The van der Waals surface area contributed by atoms with Crippen LogP contribution in [0.4, 0.5) is 5.69 Å². The molecule has 2 aromatic carbocycles. The first-order chi connectivity index (χ1) is 14.3. The highest BCUT2D eigenvalue weighted by atomic mass is 35.5. The highest BCUT2D eigenvalue weighted by Gasteiger charge is 2.43. The summed E-state index contributed by atoms with van der Waals surface area (Å²) in [5.74, 6) is -2.40. The van der Waals surface area contributed by atoms with Crippen LogP contribution in [0.15, 0.2) is 53.4 Å². The Hall–Kier alpha value is -2.68. The second-order valence-corrected chi connectivity index (χ2v) is 8.79.